The van der Waals surface area contributed by atoms with Crippen molar-refractivity contribution in [2.24, 2.45) is 0 Å². The largest absolute Gasteiger partial charge is 0.487 e. The van der Waals surface area contributed by atoms with Gasteiger partial charge in [-0.15, -0.1) is 0 Å². The number of benzene rings is 1. The molecule has 14 heavy (non-hydrogen) atoms. The second-order valence-corrected chi connectivity index (χ2v) is 4.00. The second-order valence-electron chi connectivity index (χ2n) is 2.98. The molecule has 0 aliphatic rings. The Kier molecular flexibility index (Phi) is 2.31. The average Bonchev–Trinajstić information content (AvgIpc) is 2.62. The number of aliphatic hydroxyl groups is 1. The van der Waals surface area contributed by atoms with Crippen LogP contribution in [0.1, 0.15) is 5.56 Å². The SMILES string of the molecule is COc1cc2ccc(CO)c(N)c2s1. The van der Waals surface area contributed by atoms with Crippen LogP contribution in [-0.4, -0.2) is 12.2 Å². The predicted molar refractivity (Wildman–Crippen MR) is 58.7 cm³/mol. The number of nitrogen functional groups attached to an aromatic ring is 1. The van der Waals surface area contributed by atoms with Gasteiger partial charge in [-0.3, -0.25) is 0 Å². The molecular weight excluding hydrogens is 198 g/mol. The van der Waals surface area contributed by atoms with Crippen LogP contribution in [0.4, 0.5) is 5.69 Å². The van der Waals surface area contributed by atoms with Crippen molar-refractivity contribution in [3.63, 3.8) is 0 Å². The number of thiophene rings is 1. The average molecular weight is 209 g/mol. The van der Waals surface area contributed by atoms with Crippen LogP contribution in [0.5, 0.6) is 5.06 Å². The Bertz CT molecular complexity index is 464. The van der Waals surface area contributed by atoms with Gasteiger partial charge in [0, 0.05) is 5.56 Å². The van der Waals surface area contributed by atoms with Gasteiger partial charge in [-0.1, -0.05) is 23.5 Å². The van der Waals surface area contributed by atoms with Crippen molar-refractivity contribution >= 4 is 27.1 Å². The topological polar surface area (TPSA) is 55.5 Å². The molecule has 0 radical (unpaired) electrons. The van der Waals surface area contributed by atoms with Gasteiger partial charge < -0.3 is 15.6 Å². The summed E-state index contributed by atoms with van der Waals surface area (Å²) >= 11 is 1.50. The molecule has 2 rings (SSSR count). The molecule has 74 valence electrons. The molecule has 0 amide bonds. The summed E-state index contributed by atoms with van der Waals surface area (Å²) in [5, 5.41) is 10.9. The molecule has 0 aliphatic heterocycles. The fourth-order valence-corrected chi connectivity index (χ4v) is 2.34. The molecule has 0 saturated carbocycles. The van der Waals surface area contributed by atoms with Crippen LogP contribution in [-0.2, 0) is 6.61 Å². The van der Waals surface area contributed by atoms with Crippen LogP contribution in [0.15, 0.2) is 18.2 Å². The summed E-state index contributed by atoms with van der Waals surface area (Å²) in [6.07, 6.45) is 0. The van der Waals surface area contributed by atoms with Gasteiger partial charge in [0.05, 0.1) is 24.1 Å². The normalized spacial score (nSPS) is 10.7. The summed E-state index contributed by atoms with van der Waals surface area (Å²) in [6.45, 7) is -0.0258. The van der Waals surface area contributed by atoms with E-state index in [1.165, 1.54) is 11.3 Å². The van der Waals surface area contributed by atoms with Crippen molar-refractivity contribution in [3.05, 3.63) is 23.8 Å². The van der Waals surface area contributed by atoms with Crippen LogP contribution < -0.4 is 10.5 Å². The Morgan fingerprint density at radius 3 is 2.93 bits per heavy atom. The maximum absolute atomic E-state index is 9.04. The molecule has 3 nitrogen and oxygen atoms in total. The summed E-state index contributed by atoms with van der Waals surface area (Å²) in [6, 6.07) is 5.72. The lowest BCUT2D eigenvalue weighted by molar-refractivity contribution is 0.282. The molecule has 0 bridgehead atoms. The number of anilines is 1. The Hall–Kier alpha value is -1.26. The predicted octanol–water partition coefficient (Wildman–Crippen LogP) is 1.98. The van der Waals surface area contributed by atoms with Gasteiger partial charge in [0.1, 0.15) is 0 Å². The van der Waals surface area contributed by atoms with Crippen LogP contribution in [0, 0.1) is 0 Å². The molecule has 0 aliphatic carbocycles. The molecule has 1 aromatic carbocycles. The lowest BCUT2D eigenvalue weighted by Gasteiger charge is -2.01. The molecule has 0 unspecified atom stereocenters. The Labute approximate surface area is 85.7 Å². The number of fused-ring (bicyclic) bond motifs is 1. The van der Waals surface area contributed by atoms with Crippen LogP contribution in [0.3, 0.4) is 0 Å². The summed E-state index contributed by atoms with van der Waals surface area (Å²) in [4.78, 5) is 0. The molecule has 3 N–H and O–H groups in total. The van der Waals surface area contributed by atoms with E-state index in [1.807, 2.05) is 18.2 Å². The van der Waals surface area contributed by atoms with Crippen molar-refractivity contribution in [1.82, 2.24) is 0 Å². The minimum absolute atomic E-state index is 0.0258. The molecule has 0 atom stereocenters. The molecule has 0 saturated heterocycles. The number of ether oxygens (including phenoxy) is 1. The minimum atomic E-state index is -0.0258. The van der Waals surface area contributed by atoms with Gasteiger partial charge in [-0.25, -0.2) is 0 Å². The molecule has 2 aromatic rings. The zero-order valence-corrected chi connectivity index (χ0v) is 8.60. The molecule has 1 aromatic heterocycles. The van der Waals surface area contributed by atoms with Crippen LogP contribution in [0.25, 0.3) is 10.1 Å². The van der Waals surface area contributed by atoms with Gasteiger partial charge >= 0.3 is 0 Å². The molecule has 0 spiro atoms. The summed E-state index contributed by atoms with van der Waals surface area (Å²) in [5.74, 6) is 0. The van der Waals surface area contributed by atoms with E-state index in [4.69, 9.17) is 15.6 Å². The maximum atomic E-state index is 9.04. The summed E-state index contributed by atoms with van der Waals surface area (Å²) < 4.78 is 6.11. The van der Waals surface area contributed by atoms with E-state index >= 15 is 0 Å². The van der Waals surface area contributed by atoms with Gasteiger partial charge in [-0.2, -0.15) is 0 Å². The highest BCUT2D eigenvalue weighted by molar-refractivity contribution is 7.21. The van der Waals surface area contributed by atoms with Gasteiger partial charge in [-0.05, 0) is 11.5 Å². The lowest BCUT2D eigenvalue weighted by atomic mass is 10.1. The molecule has 0 fully saturated rings. The van der Waals surface area contributed by atoms with Gasteiger partial charge in [0.25, 0.3) is 0 Å². The zero-order valence-electron chi connectivity index (χ0n) is 7.78. The van der Waals surface area contributed by atoms with Gasteiger partial charge in [0.15, 0.2) is 5.06 Å². The molecule has 4 heteroatoms. The maximum Gasteiger partial charge on any atom is 0.174 e. The minimum Gasteiger partial charge on any atom is -0.487 e. The number of methoxy groups -OCH3 is 1. The van der Waals surface area contributed by atoms with E-state index in [1.54, 1.807) is 7.11 Å². The first-order valence-electron chi connectivity index (χ1n) is 4.22. The van der Waals surface area contributed by atoms with Crippen molar-refractivity contribution in [2.75, 3.05) is 12.8 Å². The van der Waals surface area contributed by atoms with E-state index in [0.29, 0.717) is 5.69 Å². The van der Waals surface area contributed by atoms with Crippen LogP contribution >= 0.6 is 11.3 Å². The summed E-state index contributed by atoms with van der Waals surface area (Å²) in [5.41, 5.74) is 7.31. The summed E-state index contributed by atoms with van der Waals surface area (Å²) in [7, 11) is 1.63. The van der Waals surface area contributed by atoms with E-state index in [9.17, 15) is 0 Å². The lowest BCUT2D eigenvalue weighted by Crippen LogP contribution is -1.93. The first kappa shape index (κ1) is 9.30. The van der Waals surface area contributed by atoms with Crippen molar-refractivity contribution in [2.45, 2.75) is 6.61 Å². The Morgan fingerprint density at radius 2 is 2.29 bits per heavy atom. The van der Waals surface area contributed by atoms with E-state index in [-0.39, 0.29) is 6.61 Å². The Balaban J connectivity index is 2.68. The highest BCUT2D eigenvalue weighted by Gasteiger charge is 2.07. The van der Waals surface area contributed by atoms with E-state index in [2.05, 4.69) is 0 Å². The number of hydrogen-bond acceptors (Lipinski definition) is 4. The number of nitrogens with two attached hydrogens (primary N) is 1. The highest BCUT2D eigenvalue weighted by Crippen LogP contribution is 2.36. The third kappa shape index (κ3) is 1.32. The highest BCUT2D eigenvalue weighted by atomic mass is 32.1. The standard InChI is InChI=1S/C10H11NO2S/c1-13-8-4-6-2-3-7(5-12)9(11)10(6)14-8/h2-4,12H,5,11H2,1H3. The van der Waals surface area contributed by atoms with Crippen molar-refractivity contribution < 1.29 is 9.84 Å². The monoisotopic (exact) mass is 209 g/mol. The van der Waals surface area contributed by atoms with Crippen molar-refractivity contribution in [1.29, 1.82) is 0 Å². The number of hydrogen-bond donors (Lipinski definition) is 2. The number of aliphatic hydroxyl groups excluding tert-OH is 1. The fraction of sp³-hybridized carbons (Fsp3) is 0.200. The van der Waals surface area contributed by atoms with E-state index in [0.717, 1.165) is 20.7 Å². The smallest absolute Gasteiger partial charge is 0.174 e. The third-order valence-electron chi connectivity index (χ3n) is 2.16. The molecule has 1 heterocycles. The first-order valence-corrected chi connectivity index (χ1v) is 5.03. The Morgan fingerprint density at radius 1 is 1.50 bits per heavy atom. The van der Waals surface area contributed by atoms with Crippen molar-refractivity contribution in [3.8, 4) is 5.06 Å². The fourth-order valence-electron chi connectivity index (χ4n) is 1.38. The quantitative estimate of drug-likeness (QED) is 0.744. The van der Waals surface area contributed by atoms with Gasteiger partial charge in [0.2, 0.25) is 0 Å². The number of rotatable bonds is 2. The second kappa shape index (κ2) is 3.48. The first-order chi connectivity index (χ1) is 6.76. The molecular formula is C10H11NO2S. The van der Waals surface area contributed by atoms with E-state index < -0.39 is 0 Å². The third-order valence-corrected chi connectivity index (χ3v) is 3.31. The van der Waals surface area contributed by atoms with Crippen LogP contribution in [0.2, 0.25) is 0 Å². The zero-order chi connectivity index (χ0) is 10.1.